The molecule has 0 saturated heterocycles. The van der Waals surface area contributed by atoms with Crippen molar-refractivity contribution in [3.8, 4) is 5.75 Å². The number of hydrogen-bond donors (Lipinski definition) is 0. The van der Waals surface area contributed by atoms with E-state index in [-0.39, 0.29) is 35.7 Å². The predicted molar refractivity (Wildman–Crippen MR) is 115 cm³/mol. The third-order valence-electron chi connectivity index (χ3n) is 4.61. The molecule has 0 aliphatic heterocycles. The van der Waals surface area contributed by atoms with Gasteiger partial charge in [0.1, 0.15) is 11.3 Å². The smallest absolute Gasteiger partial charge is 0.374 e. The first-order valence-electron chi connectivity index (χ1n) is 10.4. The average Bonchev–Trinajstić information content (AvgIpc) is 2.74. The Labute approximate surface area is 179 Å². The van der Waals surface area contributed by atoms with Gasteiger partial charge in [0.15, 0.2) is 11.1 Å². The standard InChI is InChI=1S/C23H25NO7/c1-5-9-13-20-15(18(28-6-2)11-16(24-20)22(26)29-7-3)10-14-17(25)12-19(31-21(13)14)23(27)30-8-4/h10-12H,5-9H2,1-4H3. The van der Waals surface area contributed by atoms with Crippen LogP contribution in [0.15, 0.2) is 27.4 Å². The van der Waals surface area contributed by atoms with Crippen LogP contribution in [0.1, 0.15) is 60.7 Å². The summed E-state index contributed by atoms with van der Waals surface area (Å²) in [6.07, 6.45) is 1.23. The monoisotopic (exact) mass is 427 g/mol. The quantitative estimate of drug-likeness (QED) is 0.392. The molecule has 0 aliphatic rings. The number of pyridine rings is 1. The van der Waals surface area contributed by atoms with Gasteiger partial charge in [0.25, 0.3) is 0 Å². The topological polar surface area (TPSA) is 105 Å². The molecule has 0 N–H and O–H groups in total. The Bertz CT molecular complexity index is 1200. The zero-order valence-electron chi connectivity index (χ0n) is 18.1. The maximum atomic E-state index is 12.8. The van der Waals surface area contributed by atoms with E-state index in [2.05, 4.69) is 4.98 Å². The van der Waals surface area contributed by atoms with Crippen LogP contribution in [0, 0.1) is 0 Å². The Morgan fingerprint density at radius 3 is 2.29 bits per heavy atom. The van der Waals surface area contributed by atoms with Gasteiger partial charge in [0.05, 0.1) is 30.7 Å². The summed E-state index contributed by atoms with van der Waals surface area (Å²) in [6, 6.07) is 4.26. The second kappa shape index (κ2) is 9.59. The van der Waals surface area contributed by atoms with Crippen molar-refractivity contribution in [3.05, 3.63) is 45.4 Å². The van der Waals surface area contributed by atoms with Crippen LogP contribution in [-0.2, 0) is 15.9 Å². The average molecular weight is 427 g/mol. The summed E-state index contributed by atoms with van der Waals surface area (Å²) in [5.41, 5.74) is 1.05. The minimum absolute atomic E-state index is 0.0957. The molecule has 2 heterocycles. The number of fused-ring (bicyclic) bond motifs is 2. The van der Waals surface area contributed by atoms with Gasteiger partial charge in [-0.1, -0.05) is 13.3 Å². The Hall–Kier alpha value is -3.42. The zero-order valence-corrected chi connectivity index (χ0v) is 18.1. The van der Waals surface area contributed by atoms with E-state index in [9.17, 15) is 14.4 Å². The lowest BCUT2D eigenvalue weighted by Crippen LogP contribution is -2.12. The fraction of sp³-hybridized carbons (Fsp3) is 0.391. The summed E-state index contributed by atoms with van der Waals surface area (Å²) in [6.45, 7) is 7.90. The number of nitrogens with zero attached hydrogens (tertiary/aromatic N) is 1. The molecule has 0 radical (unpaired) electrons. The van der Waals surface area contributed by atoms with Gasteiger partial charge in [-0.3, -0.25) is 4.79 Å². The van der Waals surface area contributed by atoms with Gasteiger partial charge >= 0.3 is 11.9 Å². The van der Waals surface area contributed by atoms with E-state index < -0.39 is 11.9 Å². The molecule has 0 amide bonds. The van der Waals surface area contributed by atoms with Gasteiger partial charge in [-0.2, -0.15) is 0 Å². The van der Waals surface area contributed by atoms with Gasteiger partial charge in [-0.25, -0.2) is 14.6 Å². The third kappa shape index (κ3) is 4.38. The number of carbonyl (C=O) groups is 2. The van der Waals surface area contributed by atoms with Crippen LogP contribution in [0.3, 0.4) is 0 Å². The lowest BCUT2D eigenvalue weighted by atomic mass is 10.00. The van der Waals surface area contributed by atoms with Crippen molar-refractivity contribution in [2.45, 2.75) is 40.5 Å². The van der Waals surface area contributed by atoms with Crippen molar-refractivity contribution in [1.29, 1.82) is 0 Å². The van der Waals surface area contributed by atoms with Crippen molar-refractivity contribution in [1.82, 2.24) is 4.98 Å². The van der Waals surface area contributed by atoms with Crippen LogP contribution >= 0.6 is 0 Å². The molecule has 3 aromatic rings. The molecule has 0 fully saturated rings. The Kier molecular flexibility index (Phi) is 6.89. The second-order valence-corrected chi connectivity index (χ2v) is 6.73. The Morgan fingerprint density at radius 2 is 1.65 bits per heavy atom. The molecular formula is C23H25NO7. The zero-order chi connectivity index (χ0) is 22.5. The predicted octanol–water partition coefficient (Wildman–Crippen LogP) is 4.05. The van der Waals surface area contributed by atoms with E-state index in [1.165, 1.54) is 6.07 Å². The molecule has 1 aromatic carbocycles. The van der Waals surface area contributed by atoms with Gasteiger partial charge in [-0.05, 0) is 33.3 Å². The van der Waals surface area contributed by atoms with Crippen molar-refractivity contribution >= 4 is 33.8 Å². The number of aryl methyl sites for hydroxylation is 1. The van der Waals surface area contributed by atoms with E-state index in [4.69, 9.17) is 18.6 Å². The molecule has 8 heteroatoms. The molecular weight excluding hydrogens is 402 g/mol. The summed E-state index contributed by atoms with van der Waals surface area (Å²) in [5, 5.41) is 0.887. The highest BCUT2D eigenvalue weighted by atomic mass is 16.5. The summed E-state index contributed by atoms with van der Waals surface area (Å²) in [5.74, 6) is -1.05. The van der Waals surface area contributed by atoms with E-state index in [1.54, 1.807) is 19.9 Å². The molecule has 31 heavy (non-hydrogen) atoms. The van der Waals surface area contributed by atoms with E-state index in [0.29, 0.717) is 40.6 Å². The minimum atomic E-state index is -0.715. The summed E-state index contributed by atoms with van der Waals surface area (Å²) in [7, 11) is 0. The van der Waals surface area contributed by atoms with Gasteiger partial charge in [-0.15, -0.1) is 0 Å². The molecule has 0 aliphatic carbocycles. The van der Waals surface area contributed by atoms with Crippen molar-refractivity contribution in [2.75, 3.05) is 19.8 Å². The first kappa shape index (κ1) is 22.3. The van der Waals surface area contributed by atoms with Gasteiger partial charge in [0, 0.05) is 23.1 Å². The Morgan fingerprint density at radius 1 is 0.935 bits per heavy atom. The minimum Gasteiger partial charge on any atom is -0.493 e. The molecule has 2 aromatic heterocycles. The molecule has 164 valence electrons. The van der Waals surface area contributed by atoms with Crippen LogP contribution in [0.4, 0.5) is 0 Å². The lowest BCUT2D eigenvalue weighted by Gasteiger charge is -2.14. The van der Waals surface area contributed by atoms with E-state index in [1.807, 2.05) is 13.8 Å². The van der Waals surface area contributed by atoms with Crippen LogP contribution in [0.25, 0.3) is 21.9 Å². The van der Waals surface area contributed by atoms with Gasteiger partial charge in [0.2, 0.25) is 5.76 Å². The highest BCUT2D eigenvalue weighted by Gasteiger charge is 2.22. The van der Waals surface area contributed by atoms with Gasteiger partial charge < -0.3 is 18.6 Å². The number of carbonyl (C=O) groups excluding carboxylic acids is 2. The number of aromatic nitrogens is 1. The Balaban J connectivity index is 2.41. The first-order valence-corrected chi connectivity index (χ1v) is 10.4. The molecule has 0 spiro atoms. The van der Waals surface area contributed by atoms with Crippen LogP contribution < -0.4 is 10.2 Å². The first-order chi connectivity index (χ1) is 14.9. The number of benzene rings is 1. The van der Waals surface area contributed by atoms with E-state index in [0.717, 1.165) is 12.5 Å². The van der Waals surface area contributed by atoms with Crippen molar-refractivity contribution in [2.24, 2.45) is 0 Å². The second-order valence-electron chi connectivity index (χ2n) is 6.73. The summed E-state index contributed by atoms with van der Waals surface area (Å²) < 4.78 is 21.7. The fourth-order valence-electron chi connectivity index (χ4n) is 3.39. The number of ether oxygens (including phenoxy) is 3. The molecule has 0 atom stereocenters. The molecule has 0 bridgehead atoms. The SMILES string of the molecule is CCCc1c2nc(C(=O)OCC)cc(OCC)c2cc2c(=O)cc(C(=O)OCC)oc12. The molecule has 0 unspecified atom stereocenters. The summed E-state index contributed by atoms with van der Waals surface area (Å²) in [4.78, 5) is 41.9. The number of esters is 2. The summed E-state index contributed by atoms with van der Waals surface area (Å²) >= 11 is 0. The number of rotatable bonds is 8. The lowest BCUT2D eigenvalue weighted by molar-refractivity contribution is 0.0488. The fourth-order valence-corrected chi connectivity index (χ4v) is 3.39. The van der Waals surface area contributed by atoms with E-state index >= 15 is 0 Å². The maximum absolute atomic E-state index is 12.8. The molecule has 0 saturated carbocycles. The van der Waals surface area contributed by atoms with Crippen LogP contribution in [-0.4, -0.2) is 36.7 Å². The molecule has 8 nitrogen and oxygen atoms in total. The number of hydrogen-bond acceptors (Lipinski definition) is 8. The maximum Gasteiger partial charge on any atom is 0.374 e. The van der Waals surface area contributed by atoms with Crippen LogP contribution in [0.5, 0.6) is 5.75 Å². The van der Waals surface area contributed by atoms with Crippen molar-refractivity contribution in [3.63, 3.8) is 0 Å². The van der Waals surface area contributed by atoms with Crippen LogP contribution in [0.2, 0.25) is 0 Å². The highest BCUT2D eigenvalue weighted by molar-refractivity contribution is 6.03. The largest absolute Gasteiger partial charge is 0.493 e. The highest BCUT2D eigenvalue weighted by Crippen LogP contribution is 2.34. The third-order valence-corrected chi connectivity index (χ3v) is 4.61. The normalized spacial score (nSPS) is 11.0. The molecule has 3 rings (SSSR count). The van der Waals surface area contributed by atoms with Crippen molar-refractivity contribution < 1.29 is 28.2 Å².